The molecule has 31 heavy (non-hydrogen) atoms. The van der Waals surface area contributed by atoms with Crippen LogP contribution in [0.15, 0.2) is 60.7 Å². The van der Waals surface area contributed by atoms with Crippen LogP contribution in [0, 0.1) is 0 Å². The molecule has 0 amide bonds. The number of hydrogen-bond acceptors (Lipinski definition) is 2. The monoisotopic (exact) mass is 403 g/mol. The number of H-pyrrole nitrogens is 3. The Morgan fingerprint density at radius 1 is 0.548 bits per heavy atom. The summed E-state index contributed by atoms with van der Waals surface area (Å²) in [5.41, 5.74) is 12.4. The van der Waals surface area contributed by atoms with E-state index in [1.165, 1.54) is 11.1 Å². The van der Waals surface area contributed by atoms with E-state index in [2.05, 4.69) is 89.5 Å². The smallest absolute Gasteiger partial charge is 0.0872 e. The molecule has 6 rings (SSSR count). The summed E-state index contributed by atoms with van der Waals surface area (Å²) in [6, 6.07) is 20.8. The van der Waals surface area contributed by atoms with Crippen LogP contribution < -0.4 is 0 Å². The van der Waals surface area contributed by atoms with Crippen LogP contribution in [0.2, 0.25) is 0 Å². The first-order valence-corrected chi connectivity index (χ1v) is 10.3. The summed E-state index contributed by atoms with van der Waals surface area (Å²) in [7, 11) is 0. The molecule has 0 saturated heterocycles. The van der Waals surface area contributed by atoms with Crippen molar-refractivity contribution in [2.45, 2.75) is 13.8 Å². The van der Waals surface area contributed by atoms with Gasteiger partial charge < -0.3 is 15.0 Å². The van der Waals surface area contributed by atoms with Gasteiger partial charge in [0.15, 0.2) is 0 Å². The van der Waals surface area contributed by atoms with Gasteiger partial charge in [0.25, 0.3) is 0 Å². The molecule has 6 heterocycles. The van der Waals surface area contributed by atoms with Crippen LogP contribution in [0.1, 0.15) is 36.6 Å². The molecule has 4 aromatic heterocycles. The van der Waals surface area contributed by atoms with Gasteiger partial charge in [-0.15, -0.1) is 0 Å². The van der Waals surface area contributed by atoms with E-state index in [1.807, 2.05) is 12.2 Å². The Labute approximate surface area is 178 Å². The van der Waals surface area contributed by atoms with E-state index in [-0.39, 0.29) is 0 Å². The first-order valence-electron chi connectivity index (χ1n) is 10.3. The second-order valence-corrected chi connectivity index (χ2v) is 8.03. The van der Waals surface area contributed by atoms with Crippen molar-refractivity contribution in [1.82, 2.24) is 24.9 Å². The van der Waals surface area contributed by atoms with E-state index in [4.69, 9.17) is 9.97 Å². The van der Waals surface area contributed by atoms with E-state index in [1.54, 1.807) is 0 Å². The topological polar surface area (TPSA) is 73.2 Å². The zero-order chi connectivity index (χ0) is 20.9. The predicted molar refractivity (Wildman–Crippen MR) is 129 cm³/mol. The number of hydrogen-bond donors (Lipinski definition) is 3. The normalized spacial score (nSPS) is 13.2. The lowest BCUT2D eigenvalue weighted by atomic mass is 10.1. The van der Waals surface area contributed by atoms with Gasteiger partial charge in [-0.3, -0.25) is 0 Å². The maximum atomic E-state index is 4.89. The fourth-order valence-corrected chi connectivity index (χ4v) is 4.03. The van der Waals surface area contributed by atoms with Crippen molar-refractivity contribution in [2.75, 3.05) is 0 Å². The van der Waals surface area contributed by atoms with Crippen molar-refractivity contribution in [3.8, 4) is 0 Å². The quantitative estimate of drug-likeness (QED) is 0.277. The Hall–Kier alpha value is -4.12. The molecule has 3 N–H and O–H groups in total. The van der Waals surface area contributed by atoms with E-state index < -0.39 is 0 Å². The highest BCUT2D eigenvalue weighted by Crippen LogP contribution is 2.29. The van der Waals surface area contributed by atoms with Gasteiger partial charge in [-0.2, -0.15) is 0 Å². The van der Waals surface area contributed by atoms with Gasteiger partial charge in [0.2, 0.25) is 0 Å². The number of rotatable bonds is 0. The lowest BCUT2D eigenvalue weighted by Crippen LogP contribution is -1.76. The fraction of sp³-hybridized carbons (Fsp3) is 0.0769. The minimum atomic E-state index is 0.922. The van der Waals surface area contributed by atoms with E-state index >= 15 is 0 Å². The van der Waals surface area contributed by atoms with E-state index in [9.17, 15) is 0 Å². The highest BCUT2D eigenvalue weighted by Gasteiger charge is 2.12. The molecule has 10 bridgehead atoms. The Morgan fingerprint density at radius 3 is 1.77 bits per heavy atom. The van der Waals surface area contributed by atoms with Crippen molar-refractivity contribution in [3.63, 3.8) is 0 Å². The molecule has 150 valence electrons. The third-order valence-electron chi connectivity index (χ3n) is 5.88. The van der Waals surface area contributed by atoms with Crippen molar-refractivity contribution < 1.29 is 0 Å². The van der Waals surface area contributed by atoms with Gasteiger partial charge in [0, 0.05) is 27.6 Å². The predicted octanol–water partition coefficient (Wildman–Crippen LogP) is 6.48. The Bertz CT molecular complexity index is 1610. The van der Waals surface area contributed by atoms with Crippen molar-refractivity contribution in [1.29, 1.82) is 0 Å². The molecule has 0 saturated carbocycles. The summed E-state index contributed by atoms with van der Waals surface area (Å²) in [6.07, 6.45) is 4.08. The average Bonchev–Trinajstić information content (AvgIpc) is 3.55. The minimum Gasteiger partial charge on any atom is -0.355 e. The maximum absolute atomic E-state index is 4.89. The van der Waals surface area contributed by atoms with Crippen molar-refractivity contribution in [2.24, 2.45) is 0 Å². The second-order valence-electron chi connectivity index (χ2n) is 8.03. The van der Waals surface area contributed by atoms with Gasteiger partial charge in [0.1, 0.15) is 0 Å². The second kappa shape index (κ2) is 6.71. The van der Waals surface area contributed by atoms with Gasteiger partial charge in [-0.25, -0.2) is 9.97 Å². The summed E-state index contributed by atoms with van der Waals surface area (Å²) in [6.45, 7) is 4.25. The molecule has 0 aliphatic carbocycles. The van der Waals surface area contributed by atoms with Gasteiger partial charge in [-0.1, -0.05) is 0 Å². The summed E-state index contributed by atoms with van der Waals surface area (Å²) in [5, 5.41) is 0. The molecular formula is C26H21N5. The Morgan fingerprint density at radius 2 is 1.10 bits per heavy atom. The molecule has 0 radical (unpaired) electrons. The number of nitrogens with one attached hydrogen (secondary N) is 3. The molecule has 0 spiro atoms. The van der Waals surface area contributed by atoms with Crippen molar-refractivity contribution in [3.05, 3.63) is 83.4 Å². The number of fused-ring (bicyclic) bond motifs is 11. The summed E-state index contributed by atoms with van der Waals surface area (Å²) >= 11 is 0. The molecule has 0 fully saturated rings. The van der Waals surface area contributed by atoms with Gasteiger partial charge in [-0.05, 0) is 97.8 Å². The lowest BCUT2D eigenvalue weighted by molar-refractivity contribution is 1.29. The van der Waals surface area contributed by atoms with Crippen LogP contribution in [0.3, 0.4) is 0 Å². The third kappa shape index (κ3) is 3.20. The molecule has 2 aliphatic heterocycles. The SMILES string of the molecule is CC1=C(C)c2cc3ccc(cc4ccc([nH]4)c4nc(cc5ccc(cc1n2)[nH]5)C=C4)[nH]3. The fourth-order valence-electron chi connectivity index (χ4n) is 4.03. The first-order chi connectivity index (χ1) is 15.1. The summed E-state index contributed by atoms with van der Waals surface area (Å²) < 4.78 is 0. The number of aromatic amines is 3. The number of nitrogens with zero attached hydrogens (tertiary/aromatic N) is 2. The zero-order valence-electron chi connectivity index (χ0n) is 17.3. The first kappa shape index (κ1) is 17.7. The number of allylic oxidation sites excluding steroid dienone is 2. The Balaban J connectivity index is 1.68. The third-order valence-corrected chi connectivity index (χ3v) is 5.88. The molecule has 5 nitrogen and oxygen atoms in total. The van der Waals surface area contributed by atoms with Crippen LogP contribution in [0.5, 0.6) is 0 Å². The molecule has 0 atom stereocenters. The molecule has 4 aromatic rings. The summed E-state index contributed by atoms with van der Waals surface area (Å²) in [4.78, 5) is 20.0. The molecule has 0 aromatic carbocycles. The number of aromatic nitrogens is 5. The largest absolute Gasteiger partial charge is 0.355 e. The van der Waals surface area contributed by atoms with Crippen LogP contribution in [0.4, 0.5) is 0 Å². The average molecular weight is 403 g/mol. The zero-order valence-corrected chi connectivity index (χ0v) is 17.3. The van der Waals surface area contributed by atoms with E-state index in [0.717, 1.165) is 55.9 Å². The minimum absolute atomic E-state index is 0.922. The maximum Gasteiger partial charge on any atom is 0.0872 e. The lowest BCUT2D eigenvalue weighted by Gasteiger charge is -1.93. The summed E-state index contributed by atoms with van der Waals surface area (Å²) in [5.74, 6) is 0. The van der Waals surface area contributed by atoms with Crippen LogP contribution >= 0.6 is 0 Å². The van der Waals surface area contributed by atoms with Crippen LogP contribution in [0.25, 0.3) is 56.4 Å². The van der Waals surface area contributed by atoms with Crippen LogP contribution in [-0.4, -0.2) is 24.9 Å². The van der Waals surface area contributed by atoms with E-state index in [0.29, 0.717) is 0 Å². The van der Waals surface area contributed by atoms with Gasteiger partial charge in [0.05, 0.1) is 28.3 Å². The van der Waals surface area contributed by atoms with Crippen LogP contribution in [-0.2, 0) is 0 Å². The molecule has 5 heteroatoms. The standard InChI is InChI=1S/C26H21N5/c1-15-16(2)26-14-22-6-4-18(28-22)12-20-8-10-24(30-20)23-9-7-19(29-23)11-17-3-5-21(27-17)13-25(15)31-26/h3-14,27-29H,1-2H3. The molecule has 0 unspecified atom stereocenters. The molecule has 2 aliphatic rings. The molecular weight excluding hydrogens is 382 g/mol. The van der Waals surface area contributed by atoms with Gasteiger partial charge >= 0.3 is 0 Å². The van der Waals surface area contributed by atoms with Crippen molar-refractivity contribution >= 4 is 56.4 Å². The highest BCUT2D eigenvalue weighted by atomic mass is 14.8. The highest BCUT2D eigenvalue weighted by molar-refractivity contribution is 5.91. The Kier molecular flexibility index (Phi) is 3.83.